The fourth-order valence-electron chi connectivity index (χ4n) is 2.28. The number of aldehydes is 1. The second-order valence-corrected chi connectivity index (χ2v) is 5.27. The minimum atomic E-state index is -0.304. The van der Waals surface area contributed by atoms with E-state index in [1.54, 1.807) is 18.2 Å². The van der Waals surface area contributed by atoms with Gasteiger partial charge >= 0.3 is 0 Å². The van der Waals surface area contributed by atoms with E-state index in [1.165, 1.54) is 12.1 Å². The molecule has 3 rings (SSSR count). The number of para-hydroxylation sites is 1. The van der Waals surface area contributed by atoms with Gasteiger partial charge < -0.3 is 10.1 Å². The monoisotopic (exact) mass is 321 g/mol. The number of nitrogens with one attached hydrogen (secondary N) is 1. The number of halogens is 1. The van der Waals surface area contributed by atoms with Crippen molar-refractivity contribution >= 4 is 17.7 Å². The molecule has 3 nitrogen and oxygen atoms in total. The van der Waals surface area contributed by atoms with Crippen molar-refractivity contribution in [3.8, 4) is 5.75 Å². The standard InChI is InChI=1S/C20H16FNO2/c21-17-8-10-18(11-9-17)22-20-12-15(6-7-16(20)13-23)14-24-19-4-2-1-3-5-19/h1-13,22H,14H2. The highest BCUT2D eigenvalue weighted by molar-refractivity contribution is 5.86. The fraction of sp³-hybridized carbons (Fsp3) is 0.0500. The summed E-state index contributed by atoms with van der Waals surface area (Å²) in [5.74, 6) is 0.478. The molecule has 0 unspecified atom stereocenters. The average molecular weight is 321 g/mol. The van der Waals surface area contributed by atoms with E-state index in [0.717, 1.165) is 17.6 Å². The lowest BCUT2D eigenvalue weighted by Crippen LogP contribution is -2.00. The third-order valence-electron chi connectivity index (χ3n) is 3.52. The number of hydrogen-bond acceptors (Lipinski definition) is 3. The first-order valence-corrected chi connectivity index (χ1v) is 7.53. The topological polar surface area (TPSA) is 38.3 Å². The molecule has 0 atom stereocenters. The summed E-state index contributed by atoms with van der Waals surface area (Å²) in [6.07, 6.45) is 0.785. The van der Waals surface area contributed by atoms with Crippen molar-refractivity contribution in [2.24, 2.45) is 0 Å². The van der Waals surface area contributed by atoms with E-state index in [0.29, 0.717) is 23.5 Å². The van der Waals surface area contributed by atoms with Crippen LogP contribution in [0.4, 0.5) is 15.8 Å². The van der Waals surface area contributed by atoms with Crippen LogP contribution in [0.15, 0.2) is 72.8 Å². The van der Waals surface area contributed by atoms with E-state index < -0.39 is 0 Å². The number of ether oxygens (including phenoxy) is 1. The van der Waals surface area contributed by atoms with Gasteiger partial charge in [0, 0.05) is 16.9 Å². The fourth-order valence-corrected chi connectivity index (χ4v) is 2.28. The highest BCUT2D eigenvalue weighted by Gasteiger charge is 2.05. The Morgan fingerprint density at radius 2 is 1.71 bits per heavy atom. The largest absolute Gasteiger partial charge is 0.489 e. The van der Waals surface area contributed by atoms with E-state index >= 15 is 0 Å². The smallest absolute Gasteiger partial charge is 0.152 e. The predicted molar refractivity (Wildman–Crippen MR) is 92.3 cm³/mol. The van der Waals surface area contributed by atoms with Crippen molar-refractivity contribution < 1.29 is 13.9 Å². The second-order valence-electron chi connectivity index (χ2n) is 5.27. The van der Waals surface area contributed by atoms with Gasteiger partial charge in [-0.05, 0) is 54.1 Å². The minimum Gasteiger partial charge on any atom is -0.489 e. The summed E-state index contributed by atoms with van der Waals surface area (Å²) in [7, 11) is 0. The van der Waals surface area contributed by atoms with Gasteiger partial charge in [-0.15, -0.1) is 0 Å². The third-order valence-corrected chi connectivity index (χ3v) is 3.52. The summed E-state index contributed by atoms with van der Waals surface area (Å²) < 4.78 is 18.7. The maximum atomic E-state index is 13.0. The van der Waals surface area contributed by atoms with Crippen molar-refractivity contribution in [3.05, 3.63) is 89.7 Å². The van der Waals surface area contributed by atoms with E-state index in [-0.39, 0.29) is 5.82 Å². The number of rotatable bonds is 6. The summed E-state index contributed by atoms with van der Waals surface area (Å²) in [6.45, 7) is 0.390. The maximum absolute atomic E-state index is 13.0. The molecule has 1 N–H and O–H groups in total. The molecule has 0 fully saturated rings. The van der Waals surface area contributed by atoms with Crippen LogP contribution in [0.1, 0.15) is 15.9 Å². The normalized spacial score (nSPS) is 10.2. The van der Waals surface area contributed by atoms with Gasteiger partial charge in [-0.1, -0.05) is 24.3 Å². The lowest BCUT2D eigenvalue weighted by atomic mass is 10.1. The van der Waals surface area contributed by atoms with Crippen LogP contribution in [0.2, 0.25) is 0 Å². The summed E-state index contributed by atoms with van der Waals surface area (Å²) in [4.78, 5) is 11.2. The van der Waals surface area contributed by atoms with Gasteiger partial charge in [-0.3, -0.25) is 4.79 Å². The first kappa shape index (κ1) is 15.7. The van der Waals surface area contributed by atoms with E-state index in [2.05, 4.69) is 5.32 Å². The molecule has 0 aliphatic rings. The quantitative estimate of drug-likeness (QED) is 0.652. The van der Waals surface area contributed by atoms with Crippen molar-refractivity contribution in [1.29, 1.82) is 0 Å². The number of hydrogen-bond donors (Lipinski definition) is 1. The molecule has 0 aliphatic carbocycles. The highest BCUT2D eigenvalue weighted by Crippen LogP contribution is 2.23. The van der Waals surface area contributed by atoms with Crippen LogP contribution in [0.25, 0.3) is 0 Å². The SMILES string of the molecule is O=Cc1ccc(COc2ccccc2)cc1Nc1ccc(F)cc1. The lowest BCUT2D eigenvalue weighted by Gasteiger charge is -2.12. The van der Waals surface area contributed by atoms with Gasteiger partial charge in [-0.25, -0.2) is 4.39 Å². The molecule has 120 valence electrons. The molecule has 0 heterocycles. The molecule has 0 spiro atoms. The minimum absolute atomic E-state index is 0.304. The van der Waals surface area contributed by atoms with Gasteiger partial charge in [0.2, 0.25) is 0 Å². The Balaban J connectivity index is 1.77. The zero-order valence-electron chi connectivity index (χ0n) is 12.9. The second kappa shape index (κ2) is 7.42. The molecule has 0 saturated carbocycles. The van der Waals surface area contributed by atoms with Crippen LogP contribution in [0.5, 0.6) is 5.75 Å². The first-order chi connectivity index (χ1) is 11.7. The van der Waals surface area contributed by atoms with Crippen molar-refractivity contribution in [1.82, 2.24) is 0 Å². The molecule has 3 aromatic rings. The van der Waals surface area contributed by atoms with Crippen LogP contribution in [0.3, 0.4) is 0 Å². The van der Waals surface area contributed by atoms with Gasteiger partial charge in [0.25, 0.3) is 0 Å². The van der Waals surface area contributed by atoms with Gasteiger partial charge in [0.15, 0.2) is 6.29 Å². The molecule has 4 heteroatoms. The lowest BCUT2D eigenvalue weighted by molar-refractivity contribution is 0.112. The van der Waals surface area contributed by atoms with Crippen LogP contribution in [-0.2, 0) is 6.61 Å². The molecular weight excluding hydrogens is 305 g/mol. The number of carbonyl (C=O) groups is 1. The van der Waals surface area contributed by atoms with Gasteiger partial charge in [0.05, 0.1) is 0 Å². The van der Waals surface area contributed by atoms with Crippen LogP contribution >= 0.6 is 0 Å². The number of carbonyl (C=O) groups excluding carboxylic acids is 1. The Kier molecular flexibility index (Phi) is 4.87. The predicted octanol–water partition coefficient (Wildman–Crippen LogP) is 4.96. The number of benzene rings is 3. The Morgan fingerprint density at radius 1 is 0.958 bits per heavy atom. The average Bonchev–Trinajstić information content (AvgIpc) is 2.63. The summed E-state index contributed by atoms with van der Waals surface area (Å²) in [5.41, 5.74) is 2.82. The Bertz CT molecular complexity index is 817. The molecular formula is C20H16FNO2. The third kappa shape index (κ3) is 3.98. The van der Waals surface area contributed by atoms with Crippen LogP contribution < -0.4 is 10.1 Å². The molecule has 0 amide bonds. The van der Waals surface area contributed by atoms with E-state index in [4.69, 9.17) is 4.74 Å². The maximum Gasteiger partial charge on any atom is 0.152 e. The summed E-state index contributed by atoms with van der Waals surface area (Å²) in [5, 5.41) is 3.14. The Hall–Kier alpha value is -3.14. The first-order valence-electron chi connectivity index (χ1n) is 7.53. The Labute approximate surface area is 139 Å². The van der Waals surface area contributed by atoms with E-state index in [9.17, 15) is 9.18 Å². The zero-order valence-corrected chi connectivity index (χ0v) is 12.9. The van der Waals surface area contributed by atoms with Crippen molar-refractivity contribution in [2.75, 3.05) is 5.32 Å². The van der Waals surface area contributed by atoms with Crippen molar-refractivity contribution in [2.45, 2.75) is 6.61 Å². The number of anilines is 2. The molecule has 0 saturated heterocycles. The molecule has 0 aromatic heterocycles. The Morgan fingerprint density at radius 3 is 2.42 bits per heavy atom. The molecule has 0 aliphatic heterocycles. The highest BCUT2D eigenvalue weighted by atomic mass is 19.1. The van der Waals surface area contributed by atoms with Gasteiger partial charge in [-0.2, -0.15) is 0 Å². The van der Waals surface area contributed by atoms with Gasteiger partial charge in [0.1, 0.15) is 18.2 Å². The van der Waals surface area contributed by atoms with Crippen LogP contribution in [-0.4, -0.2) is 6.29 Å². The summed E-state index contributed by atoms with van der Waals surface area (Å²) >= 11 is 0. The molecule has 24 heavy (non-hydrogen) atoms. The van der Waals surface area contributed by atoms with E-state index in [1.807, 2.05) is 42.5 Å². The molecule has 0 bridgehead atoms. The van der Waals surface area contributed by atoms with Crippen molar-refractivity contribution in [3.63, 3.8) is 0 Å². The summed E-state index contributed by atoms with van der Waals surface area (Å²) in [6, 6.07) is 20.9. The zero-order chi connectivity index (χ0) is 16.8. The molecule has 0 radical (unpaired) electrons. The molecule has 3 aromatic carbocycles. The van der Waals surface area contributed by atoms with Crippen LogP contribution in [0, 0.1) is 5.82 Å².